The van der Waals surface area contributed by atoms with Crippen molar-refractivity contribution >= 4 is 51.0 Å². The van der Waals surface area contributed by atoms with Crippen LogP contribution in [0.15, 0.2) is 88.5 Å². The van der Waals surface area contributed by atoms with Crippen LogP contribution in [0.5, 0.6) is 0 Å². The van der Waals surface area contributed by atoms with Gasteiger partial charge in [-0.15, -0.1) is 10.2 Å². The second-order valence-electron chi connectivity index (χ2n) is 9.22. The molecule has 0 spiro atoms. The number of fused-ring (bicyclic) bond motifs is 4. The van der Waals surface area contributed by atoms with E-state index in [-0.39, 0.29) is 28.5 Å². The Labute approximate surface area is 232 Å². The van der Waals surface area contributed by atoms with Crippen LogP contribution in [0.2, 0.25) is 0 Å². The van der Waals surface area contributed by atoms with E-state index >= 15 is 0 Å². The van der Waals surface area contributed by atoms with Crippen LogP contribution in [-0.2, 0) is 16.1 Å². The minimum Gasteiger partial charge on any atom is -0.510 e. The zero-order chi connectivity index (χ0) is 27.8. The molecule has 3 aromatic heterocycles. The van der Waals surface area contributed by atoms with Crippen molar-refractivity contribution in [1.29, 1.82) is 0 Å². The van der Waals surface area contributed by atoms with Crippen LogP contribution in [0.4, 0.5) is 0 Å². The van der Waals surface area contributed by atoms with Gasteiger partial charge in [0, 0.05) is 0 Å². The van der Waals surface area contributed by atoms with Gasteiger partial charge >= 0.3 is 5.97 Å². The molecule has 6 rings (SSSR count). The van der Waals surface area contributed by atoms with Gasteiger partial charge in [0.05, 0.1) is 41.3 Å². The Balaban J connectivity index is 1.42. The van der Waals surface area contributed by atoms with Gasteiger partial charge in [0.2, 0.25) is 5.78 Å². The van der Waals surface area contributed by atoms with E-state index in [1.807, 2.05) is 67.6 Å². The fraction of sp³-hybridized carbons (Fsp3) is 0.138. The maximum Gasteiger partial charge on any atom is 0.345 e. The average Bonchev–Trinajstić information content (AvgIpc) is 3.59. The van der Waals surface area contributed by atoms with Crippen molar-refractivity contribution in [2.45, 2.75) is 18.6 Å². The summed E-state index contributed by atoms with van der Waals surface area (Å²) < 4.78 is 8.33. The third kappa shape index (κ3) is 4.50. The van der Waals surface area contributed by atoms with E-state index in [1.165, 1.54) is 18.9 Å². The predicted octanol–water partition coefficient (Wildman–Crippen LogP) is 4.51. The molecule has 0 aliphatic heterocycles. The zero-order valence-electron chi connectivity index (χ0n) is 21.7. The summed E-state index contributed by atoms with van der Waals surface area (Å²) >= 11 is 1.18. The molecule has 0 atom stereocenters. The minimum absolute atomic E-state index is 0.0202. The minimum atomic E-state index is -0.722. The molecular formula is C29H24N6O4S. The summed E-state index contributed by atoms with van der Waals surface area (Å²) in [6.45, 7) is 2.33. The van der Waals surface area contributed by atoms with Crippen molar-refractivity contribution in [1.82, 2.24) is 29.1 Å². The van der Waals surface area contributed by atoms with Gasteiger partial charge in [-0.2, -0.15) is 0 Å². The lowest BCUT2D eigenvalue weighted by Crippen LogP contribution is -2.24. The number of aliphatic hydroxyl groups is 1. The number of aromatic amines is 1. The first-order valence-electron chi connectivity index (χ1n) is 12.4. The van der Waals surface area contributed by atoms with E-state index in [0.29, 0.717) is 33.9 Å². The van der Waals surface area contributed by atoms with Crippen molar-refractivity contribution in [3.8, 4) is 0 Å². The number of hydrogen-bond acceptors (Lipinski definition) is 8. The van der Waals surface area contributed by atoms with Gasteiger partial charge in [0.15, 0.2) is 5.16 Å². The fourth-order valence-corrected chi connectivity index (χ4v) is 5.39. The summed E-state index contributed by atoms with van der Waals surface area (Å²) in [6, 6.07) is 22.5. The fourth-order valence-electron chi connectivity index (χ4n) is 4.58. The van der Waals surface area contributed by atoms with Crippen molar-refractivity contribution in [3.63, 3.8) is 0 Å². The van der Waals surface area contributed by atoms with Crippen LogP contribution >= 0.6 is 11.8 Å². The molecule has 0 saturated carbocycles. The van der Waals surface area contributed by atoms with E-state index in [2.05, 4.69) is 20.2 Å². The number of aliphatic hydroxyl groups excluding tert-OH is 1. The Bertz CT molecular complexity index is 1950. The second kappa shape index (κ2) is 10.3. The number of ether oxygens (including phenoxy) is 1. The molecule has 200 valence electrons. The first kappa shape index (κ1) is 25.4. The number of aromatic nitrogens is 6. The number of imidazole rings is 1. The Kier molecular flexibility index (Phi) is 6.56. The van der Waals surface area contributed by atoms with Crippen LogP contribution in [0.25, 0.3) is 33.3 Å². The van der Waals surface area contributed by atoms with Crippen LogP contribution in [0.3, 0.4) is 0 Å². The van der Waals surface area contributed by atoms with E-state index in [1.54, 1.807) is 21.1 Å². The van der Waals surface area contributed by atoms with Gasteiger partial charge in [-0.3, -0.25) is 13.8 Å². The topological polar surface area (TPSA) is 127 Å². The summed E-state index contributed by atoms with van der Waals surface area (Å²) in [5, 5.41) is 20.7. The van der Waals surface area contributed by atoms with Gasteiger partial charge < -0.3 is 14.8 Å². The van der Waals surface area contributed by atoms with Crippen LogP contribution in [-0.4, -0.2) is 53.1 Å². The van der Waals surface area contributed by atoms with Crippen LogP contribution in [0.1, 0.15) is 17.0 Å². The Hall–Kier alpha value is -4.90. The number of nitrogens with one attached hydrogen (secondary N) is 1. The third-order valence-corrected chi connectivity index (χ3v) is 7.52. The number of esters is 1. The molecule has 0 fully saturated rings. The van der Waals surface area contributed by atoms with Gasteiger partial charge in [-0.1, -0.05) is 65.9 Å². The smallest absolute Gasteiger partial charge is 0.345 e. The van der Waals surface area contributed by atoms with Gasteiger partial charge in [-0.05, 0) is 36.8 Å². The SMILES string of the molecule is COC(=O)/C(=C(/O)CSc1nnc2n(Cc3ccc(C)cc3)c(=O)c3ccccc3n12)c1nc2ccccc2[nH]1. The Morgan fingerprint density at radius 3 is 2.55 bits per heavy atom. The highest BCUT2D eigenvalue weighted by Crippen LogP contribution is 2.27. The maximum absolute atomic E-state index is 13.5. The highest BCUT2D eigenvalue weighted by molar-refractivity contribution is 7.99. The molecule has 0 amide bonds. The van der Waals surface area contributed by atoms with Crippen LogP contribution < -0.4 is 5.56 Å². The number of hydrogen-bond donors (Lipinski definition) is 2. The summed E-state index contributed by atoms with van der Waals surface area (Å²) in [7, 11) is 1.25. The van der Waals surface area contributed by atoms with Crippen LogP contribution in [0, 0.1) is 6.92 Å². The number of carbonyl (C=O) groups is 1. The Morgan fingerprint density at radius 1 is 1.02 bits per heavy atom. The first-order valence-corrected chi connectivity index (χ1v) is 13.4. The van der Waals surface area contributed by atoms with Crippen molar-refractivity contribution in [3.05, 3.63) is 106 Å². The number of H-pyrrole nitrogens is 1. The molecule has 0 unspecified atom stereocenters. The summed E-state index contributed by atoms with van der Waals surface area (Å²) in [6.07, 6.45) is 0. The molecule has 3 heterocycles. The monoisotopic (exact) mass is 552 g/mol. The molecule has 3 aromatic carbocycles. The second-order valence-corrected chi connectivity index (χ2v) is 10.2. The number of benzene rings is 3. The Morgan fingerprint density at radius 2 is 1.77 bits per heavy atom. The third-order valence-electron chi connectivity index (χ3n) is 6.58. The molecular weight excluding hydrogens is 528 g/mol. The summed E-state index contributed by atoms with van der Waals surface area (Å²) in [4.78, 5) is 33.7. The molecule has 2 N–H and O–H groups in total. The molecule has 0 bridgehead atoms. The molecule has 6 aromatic rings. The van der Waals surface area contributed by atoms with Gasteiger partial charge in [0.1, 0.15) is 17.2 Å². The standard InChI is InChI=1S/C29H24N6O4S/c1-17-11-13-18(14-12-17)15-34-26(37)19-7-3-6-10-22(19)35-28(34)32-33-29(35)40-16-23(36)24(27(38)39-2)25-30-20-8-4-5-9-21(20)31-25/h3-14,36H,15-16H2,1-2H3,(H,30,31)/b24-23+. The number of para-hydroxylation sites is 3. The number of carbonyl (C=O) groups excluding carboxylic acids is 1. The maximum atomic E-state index is 13.5. The van der Waals surface area contributed by atoms with E-state index in [0.717, 1.165) is 16.6 Å². The number of thioether (sulfide) groups is 1. The normalized spacial score (nSPS) is 12.2. The van der Waals surface area contributed by atoms with E-state index in [4.69, 9.17) is 4.74 Å². The quantitative estimate of drug-likeness (QED) is 0.128. The zero-order valence-corrected chi connectivity index (χ0v) is 22.5. The average molecular weight is 553 g/mol. The number of methoxy groups -OCH3 is 1. The molecule has 11 heteroatoms. The lowest BCUT2D eigenvalue weighted by atomic mass is 10.1. The number of rotatable bonds is 7. The van der Waals surface area contributed by atoms with Gasteiger partial charge in [0.25, 0.3) is 5.56 Å². The van der Waals surface area contributed by atoms with E-state index < -0.39 is 5.97 Å². The predicted molar refractivity (Wildman–Crippen MR) is 153 cm³/mol. The molecule has 0 radical (unpaired) electrons. The first-order chi connectivity index (χ1) is 19.4. The highest BCUT2D eigenvalue weighted by atomic mass is 32.2. The largest absolute Gasteiger partial charge is 0.510 e. The molecule has 0 saturated heterocycles. The van der Waals surface area contributed by atoms with Crippen molar-refractivity contribution in [2.75, 3.05) is 12.9 Å². The molecule has 40 heavy (non-hydrogen) atoms. The molecule has 0 aliphatic rings. The highest BCUT2D eigenvalue weighted by Gasteiger charge is 2.23. The lowest BCUT2D eigenvalue weighted by molar-refractivity contribution is -0.133. The summed E-state index contributed by atoms with van der Waals surface area (Å²) in [5.74, 6) is -0.394. The summed E-state index contributed by atoms with van der Waals surface area (Å²) in [5.41, 5.74) is 3.86. The molecule has 0 aliphatic carbocycles. The number of nitrogens with zero attached hydrogens (tertiary/aromatic N) is 5. The molecule has 10 nitrogen and oxygen atoms in total. The van der Waals surface area contributed by atoms with Gasteiger partial charge in [-0.25, -0.2) is 9.78 Å². The van der Waals surface area contributed by atoms with E-state index in [9.17, 15) is 14.7 Å². The van der Waals surface area contributed by atoms with Crippen molar-refractivity contribution < 1.29 is 14.6 Å². The lowest BCUT2D eigenvalue weighted by Gasteiger charge is -2.12. The van der Waals surface area contributed by atoms with Crippen molar-refractivity contribution in [2.24, 2.45) is 0 Å². The number of aryl methyl sites for hydroxylation is 1.